The fraction of sp³-hybridized carbons (Fsp3) is 0.571. The highest BCUT2D eigenvalue weighted by Crippen LogP contribution is 2.29. The van der Waals surface area contributed by atoms with Gasteiger partial charge in [-0.2, -0.15) is 0 Å². The molecular formula is C14H20ClFN2O2S. The Kier molecular flexibility index (Phi) is 5.11. The van der Waals surface area contributed by atoms with Gasteiger partial charge in [-0.15, -0.1) is 0 Å². The van der Waals surface area contributed by atoms with Gasteiger partial charge in [-0.25, -0.2) is 17.5 Å². The Labute approximate surface area is 129 Å². The Morgan fingerprint density at radius 1 is 1.33 bits per heavy atom. The number of rotatable bonds is 4. The zero-order valence-corrected chi connectivity index (χ0v) is 13.5. The number of halogens is 2. The van der Waals surface area contributed by atoms with E-state index in [0.717, 1.165) is 37.8 Å². The molecule has 0 amide bonds. The van der Waals surface area contributed by atoms with E-state index in [4.69, 9.17) is 17.3 Å². The van der Waals surface area contributed by atoms with Gasteiger partial charge in [0, 0.05) is 6.04 Å². The summed E-state index contributed by atoms with van der Waals surface area (Å²) in [5.74, 6) is -0.399. The molecule has 1 unspecified atom stereocenters. The molecule has 1 aromatic rings. The topological polar surface area (TPSA) is 72.2 Å². The van der Waals surface area contributed by atoms with Crippen molar-refractivity contribution >= 4 is 27.3 Å². The highest BCUT2D eigenvalue weighted by atomic mass is 35.5. The minimum Gasteiger partial charge on any atom is -0.396 e. The van der Waals surface area contributed by atoms with Crippen LogP contribution in [0.15, 0.2) is 17.0 Å². The van der Waals surface area contributed by atoms with Gasteiger partial charge < -0.3 is 5.73 Å². The lowest BCUT2D eigenvalue weighted by Gasteiger charge is -2.28. The molecule has 2 rings (SSSR count). The summed E-state index contributed by atoms with van der Waals surface area (Å²) < 4.78 is 40.7. The number of nitrogens with two attached hydrogens (primary N) is 1. The molecule has 0 spiro atoms. The van der Waals surface area contributed by atoms with E-state index in [9.17, 15) is 12.8 Å². The molecule has 1 aromatic carbocycles. The molecule has 0 bridgehead atoms. The first-order valence-electron chi connectivity index (χ1n) is 7.08. The zero-order valence-electron chi connectivity index (χ0n) is 11.9. The quantitative estimate of drug-likeness (QED) is 0.830. The Hall–Kier alpha value is -0.850. The average molecular weight is 335 g/mol. The summed E-state index contributed by atoms with van der Waals surface area (Å²) in [4.78, 5) is -0.175. The Morgan fingerprint density at radius 3 is 2.57 bits per heavy atom. The van der Waals surface area contributed by atoms with Crippen molar-refractivity contribution in [3.63, 3.8) is 0 Å². The van der Waals surface area contributed by atoms with Gasteiger partial charge in [0.25, 0.3) is 0 Å². The second-order valence-electron chi connectivity index (χ2n) is 5.61. The summed E-state index contributed by atoms with van der Waals surface area (Å²) in [7, 11) is -3.81. The van der Waals surface area contributed by atoms with Crippen LogP contribution in [0, 0.1) is 11.7 Å². The third-order valence-corrected chi connectivity index (χ3v) is 6.06. The summed E-state index contributed by atoms with van der Waals surface area (Å²) in [5, 5.41) is -0.162. The van der Waals surface area contributed by atoms with Crippen molar-refractivity contribution in [3.05, 3.63) is 23.0 Å². The predicted molar refractivity (Wildman–Crippen MR) is 82.2 cm³/mol. The first kappa shape index (κ1) is 16.5. The largest absolute Gasteiger partial charge is 0.396 e. The van der Waals surface area contributed by atoms with Gasteiger partial charge in [0.1, 0.15) is 10.7 Å². The summed E-state index contributed by atoms with van der Waals surface area (Å²) in [6, 6.07) is 1.81. The maximum atomic E-state index is 13.3. The van der Waals surface area contributed by atoms with E-state index in [1.54, 1.807) is 0 Å². The Bertz CT molecular complexity index is 616. The lowest BCUT2D eigenvalue weighted by molar-refractivity contribution is 0.303. The molecule has 1 atom stereocenters. The van der Waals surface area contributed by atoms with E-state index in [1.165, 1.54) is 6.42 Å². The highest BCUT2D eigenvalue weighted by molar-refractivity contribution is 7.89. The van der Waals surface area contributed by atoms with Crippen LogP contribution in [0.5, 0.6) is 0 Å². The van der Waals surface area contributed by atoms with Crippen LogP contribution in [0.3, 0.4) is 0 Å². The van der Waals surface area contributed by atoms with Crippen molar-refractivity contribution in [1.82, 2.24) is 4.72 Å². The molecular weight excluding hydrogens is 315 g/mol. The van der Waals surface area contributed by atoms with Crippen molar-refractivity contribution in [2.75, 3.05) is 5.73 Å². The lowest BCUT2D eigenvalue weighted by Crippen LogP contribution is -2.39. The van der Waals surface area contributed by atoms with Gasteiger partial charge in [-0.3, -0.25) is 0 Å². The minimum absolute atomic E-state index is 0.162. The number of hydrogen-bond donors (Lipinski definition) is 2. The van der Waals surface area contributed by atoms with Gasteiger partial charge >= 0.3 is 0 Å². The first-order valence-corrected chi connectivity index (χ1v) is 8.94. The summed E-state index contributed by atoms with van der Waals surface area (Å²) in [5.41, 5.74) is 5.20. The molecule has 1 aliphatic rings. The summed E-state index contributed by atoms with van der Waals surface area (Å²) >= 11 is 5.84. The Balaban J connectivity index is 2.20. The van der Waals surface area contributed by atoms with E-state index in [1.807, 2.05) is 6.92 Å². The van der Waals surface area contributed by atoms with E-state index >= 15 is 0 Å². The number of nitrogen functional groups attached to an aromatic ring is 1. The molecule has 4 nitrogen and oxygen atoms in total. The highest BCUT2D eigenvalue weighted by Gasteiger charge is 2.27. The molecule has 1 aliphatic carbocycles. The Morgan fingerprint density at radius 2 is 1.95 bits per heavy atom. The van der Waals surface area contributed by atoms with E-state index in [2.05, 4.69) is 4.72 Å². The SMILES string of the molecule is CC(NS(=O)(=O)c1cc(N)c(F)cc1Cl)C1CCCCC1. The maximum Gasteiger partial charge on any atom is 0.242 e. The number of benzene rings is 1. The van der Waals surface area contributed by atoms with Gasteiger partial charge in [0.05, 0.1) is 10.7 Å². The third-order valence-electron chi connectivity index (χ3n) is 4.04. The van der Waals surface area contributed by atoms with Gasteiger partial charge in [0.2, 0.25) is 10.0 Å². The van der Waals surface area contributed by atoms with E-state index < -0.39 is 15.8 Å². The molecule has 1 saturated carbocycles. The van der Waals surface area contributed by atoms with Crippen LogP contribution in [-0.4, -0.2) is 14.5 Å². The molecule has 1 fully saturated rings. The van der Waals surface area contributed by atoms with Gasteiger partial charge in [0.15, 0.2) is 0 Å². The summed E-state index contributed by atoms with van der Waals surface area (Å²) in [6.45, 7) is 1.86. The third kappa shape index (κ3) is 3.87. The van der Waals surface area contributed by atoms with E-state index in [-0.39, 0.29) is 21.6 Å². The number of anilines is 1. The molecule has 21 heavy (non-hydrogen) atoms. The second kappa shape index (κ2) is 6.50. The van der Waals surface area contributed by atoms with Gasteiger partial charge in [-0.1, -0.05) is 30.9 Å². The molecule has 3 N–H and O–H groups in total. The van der Waals surface area contributed by atoms with Crippen LogP contribution in [0.25, 0.3) is 0 Å². The van der Waals surface area contributed by atoms with Crippen molar-refractivity contribution in [3.8, 4) is 0 Å². The molecule has 0 saturated heterocycles. The number of nitrogens with one attached hydrogen (secondary N) is 1. The number of hydrogen-bond acceptors (Lipinski definition) is 3. The van der Waals surface area contributed by atoms with Gasteiger partial charge in [-0.05, 0) is 37.8 Å². The smallest absolute Gasteiger partial charge is 0.242 e. The molecule has 0 radical (unpaired) electrons. The predicted octanol–water partition coefficient (Wildman–Crippen LogP) is 3.31. The summed E-state index contributed by atoms with van der Waals surface area (Å²) in [6.07, 6.45) is 5.49. The molecule has 118 valence electrons. The second-order valence-corrected chi connectivity index (χ2v) is 7.70. The first-order chi connectivity index (χ1) is 9.81. The monoisotopic (exact) mass is 334 g/mol. The van der Waals surface area contributed by atoms with Crippen LogP contribution in [0.1, 0.15) is 39.0 Å². The van der Waals surface area contributed by atoms with Crippen LogP contribution in [-0.2, 0) is 10.0 Å². The lowest BCUT2D eigenvalue weighted by atomic mass is 9.85. The fourth-order valence-electron chi connectivity index (χ4n) is 2.79. The fourth-order valence-corrected chi connectivity index (χ4v) is 4.65. The van der Waals surface area contributed by atoms with Crippen molar-refractivity contribution in [2.24, 2.45) is 5.92 Å². The number of sulfonamides is 1. The zero-order chi connectivity index (χ0) is 15.6. The van der Waals surface area contributed by atoms with Crippen molar-refractivity contribution in [1.29, 1.82) is 0 Å². The molecule has 0 heterocycles. The standard InChI is InChI=1S/C14H20ClFN2O2S/c1-9(10-5-3-2-4-6-10)18-21(19,20)14-8-13(17)12(16)7-11(14)15/h7-10,18H,2-6,17H2,1H3. The maximum absolute atomic E-state index is 13.3. The van der Waals surface area contributed by atoms with Crippen molar-refractivity contribution < 1.29 is 12.8 Å². The van der Waals surface area contributed by atoms with E-state index in [0.29, 0.717) is 5.92 Å². The van der Waals surface area contributed by atoms with Crippen LogP contribution in [0.2, 0.25) is 5.02 Å². The van der Waals surface area contributed by atoms with Crippen LogP contribution < -0.4 is 10.5 Å². The minimum atomic E-state index is -3.81. The molecule has 7 heteroatoms. The normalized spacial score (nSPS) is 18.6. The van der Waals surface area contributed by atoms with Crippen LogP contribution >= 0.6 is 11.6 Å². The average Bonchev–Trinajstić information content (AvgIpc) is 2.43. The molecule has 0 aliphatic heterocycles. The molecule has 0 aromatic heterocycles. The van der Waals surface area contributed by atoms with Crippen LogP contribution in [0.4, 0.5) is 10.1 Å². The van der Waals surface area contributed by atoms with Crippen molar-refractivity contribution in [2.45, 2.75) is 50.0 Å².